The van der Waals surface area contributed by atoms with Crippen molar-refractivity contribution in [1.29, 1.82) is 0 Å². The van der Waals surface area contributed by atoms with Crippen LogP contribution in [-0.2, 0) is 6.42 Å². The summed E-state index contributed by atoms with van der Waals surface area (Å²) in [6, 6.07) is 2.03. The van der Waals surface area contributed by atoms with Gasteiger partial charge in [0.25, 0.3) is 0 Å². The van der Waals surface area contributed by atoms with Crippen LogP contribution in [0.1, 0.15) is 24.8 Å². The van der Waals surface area contributed by atoms with E-state index in [9.17, 15) is 0 Å². The van der Waals surface area contributed by atoms with Crippen LogP contribution < -0.4 is 4.74 Å². The monoisotopic (exact) mass is 225 g/mol. The van der Waals surface area contributed by atoms with E-state index in [1.807, 2.05) is 12.3 Å². The molecule has 0 spiro atoms. The Kier molecular flexibility index (Phi) is 3.47. The van der Waals surface area contributed by atoms with Crippen molar-refractivity contribution in [2.45, 2.75) is 31.1 Å². The number of halogens is 1. The van der Waals surface area contributed by atoms with Gasteiger partial charge in [-0.2, -0.15) is 0 Å². The Balaban J connectivity index is 1.86. The van der Waals surface area contributed by atoms with Gasteiger partial charge >= 0.3 is 0 Å². The second-order valence-electron chi connectivity index (χ2n) is 4.13. The molecule has 1 unspecified atom stereocenters. The number of methoxy groups -OCH3 is 1. The average Bonchev–Trinajstić information content (AvgIpc) is 3.10. The molecule has 0 amide bonds. The fourth-order valence-corrected chi connectivity index (χ4v) is 2.07. The Morgan fingerprint density at radius 1 is 1.53 bits per heavy atom. The van der Waals surface area contributed by atoms with Crippen LogP contribution in [0.25, 0.3) is 0 Å². The Bertz CT molecular complexity index is 325. The minimum absolute atomic E-state index is 0.344. The fourth-order valence-electron chi connectivity index (χ4n) is 1.71. The highest BCUT2D eigenvalue weighted by atomic mass is 35.5. The van der Waals surface area contributed by atoms with Gasteiger partial charge in [0.1, 0.15) is 5.75 Å². The molecule has 82 valence electrons. The van der Waals surface area contributed by atoms with Crippen molar-refractivity contribution in [3.05, 3.63) is 24.0 Å². The number of ether oxygens (including phenoxy) is 1. The normalized spacial score (nSPS) is 17.5. The van der Waals surface area contributed by atoms with E-state index in [4.69, 9.17) is 16.3 Å². The molecule has 0 radical (unpaired) electrons. The molecule has 1 aliphatic rings. The fraction of sp³-hybridized carbons (Fsp3) is 0.583. The van der Waals surface area contributed by atoms with E-state index in [1.54, 1.807) is 13.3 Å². The lowest BCUT2D eigenvalue weighted by molar-refractivity contribution is 0.412. The molecule has 1 aromatic heterocycles. The Hall–Kier alpha value is -0.760. The van der Waals surface area contributed by atoms with Gasteiger partial charge in [0.2, 0.25) is 0 Å². The first-order valence-electron chi connectivity index (χ1n) is 5.41. The summed E-state index contributed by atoms with van der Waals surface area (Å²) in [6.07, 6.45) is 8.27. The minimum Gasteiger partial charge on any atom is -0.495 e. The Labute approximate surface area is 95.6 Å². The SMILES string of the molecule is COc1cncc(CCC(Cl)C2CC2)c1. The number of aryl methyl sites for hydroxylation is 1. The quantitative estimate of drug-likeness (QED) is 0.719. The number of pyridine rings is 1. The van der Waals surface area contributed by atoms with Crippen molar-refractivity contribution in [2.75, 3.05) is 7.11 Å². The second kappa shape index (κ2) is 4.84. The molecular formula is C12H16ClNO. The van der Waals surface area contributed by atoms with Gasteiger partial charge in [-0.3, -0.25) is 4.98 Å². The van der Waals surface area contributed by atoms with Gasteiger partial charge < -0.3 is 4.74 Å². The summed E-state index contributed by atoms with van der Waals surface area (Å²) in [6.45, 7) is 0. The number of hydrogen-bond acceptors (Lipinski definition) is 2. The van der Waals surface area contributed by atoms with Gasteiger partial charge in [0, 0.05) is 11.6 Å². The lowest BCUT2D eigenvalue weighted by atomic mass is 10.1. The summed E-state index contributed by atoms with van der Waals surface area (Å²) in [5.41, 5.74) is 1.21. The summed E-state index contributed by atoms with van der Waals surface area (Å²) in [4.78, 5) is 4.13. The van der Waals surface area contributed by atoms with Gasteiger partial charge in [-0.15, -0.1) is 11.6 Å². The highest BCUT2D eigenvalue weighted by molar-refractivity contribution is 6.20. The van der Waals surface area contributed by atoms with Crippen molar-refractivity contribution in [1.82, 2.24) is 4.98 Å². The maximum absolute atomic E-state index is 6.25. The maximum atomic E-state index is 6.25. The van der Waals surface area contributed by atoms with Gasteiger partial charge in [0.05, 0.1) is 13.3 Å². The molecule has 0 aliphatic heterocycles. The second-order valence-corrected chi connectivity index (χ2v) is 4.69. The number of aromatic nitrogens is 1. The zero-order valence-electron chi connectivity index (χ0n) is 8.95. The average molecular weight is 226 g/mol. The molecule has 1 aliphatic carbocycles. The van der Waals surface area contributed by atoms with Crippen LogP contribution in [0, 0.1) is 5.92 Å². The lowest BCUT2D eigenvalue weighted by Crippen LogP contribution is -2.03. The van der Waals surface area contributed by atoms with Crippen molar-refractivity contribution in [3.8, 4) is 5.75 Å². The maximum Gasteiger partial charge on any atom is 0.137 e. The van der Waals surface area contributed by atoms with Crippen molar-refractivity contribution in [3.63, 3.8) is 0 Å². The molecule has 1 saturated carbocycles. The number of hydrogen-bond donors (Lipinski definition) is 0. The Morgan fingerprint density at radius 3 is 3.00 bits per heavy atom. The lowest BCUT2D eigenvalue weighted by Gasteiger charge is -2.07. The third-order valence-electron chi connectivity index (χ3n) is 2.85. The van der Waals surface area contributed by atoms with E-state index in [0.29, 0.717) is 5.38 Å². The first-order chi connectivity index (χ1) is 7.29. The van der Waals surface area contributed by atoms with Gasteiger partial charge in [-0.1, -0.05) is 0 Å². The molecule has 0 saturated heterocycles. The molecule has 2 nitrogen and oxygen atoms in total. The van der Waals surface area contributed by atoms with Gasteiger partial charge in [-0.25, -0.2) is 0 Å². The van der Waals surface area contributed by atoms with Crippen molar-refractivity contribution < 1.29 is 4.74 Å². The molecule has 1 aromatic rings. The van der Waals surface area contributed by atoms with E-state index in [1.165, 1.54) is 18.4 Å². The van der Waals surface area contributed by atoms with E-state index in [-0.39, 0.29) is 0 Å². The van der Waals surface area contributed by atoms with E-state index in [2.05, 4.69) is 4.98 Å². The summed E-state index contributed by atoms with van der Waals surface area (Å²) in [5.74, 6) is 1.59. The highest BCUT2D eigenvalue weighted by Gasteiger charge is 2.29. The summed E-state index contributed by atoms with van der Waals surface area (Å²) < 4.78 is 5.13. The summed E-state index contributed by atoms with van der Waals surface area (Å²) in [7, 11) is 1.66. The van der Waals surface area contributed by atoms with Crippen molar-refractivity contribution >= 4 is 11.6 Å². The minimum atomic E-state index is 0.344. The third kappa shape index (κ3) is 3.10. The third-order valence-corrected chi connectivity index (χ3v) is 3.42. The van der Waals surface area contributed by atoms with Crippen LogP contribution in [0.4, 0.5) is 0 Å². The standard InChI is InChI=1S/C12H16ClNO/c1-15-11-6-9(7-14-8-11)2-5-12(13)10-3-4-10/h6-8,10,12H,2-5H2,1H3. The van der Waals surface area contributed by atoms with Crippen molar-refractivity contribution in [2.24, 2.45) is 5.92 Å². The van der Waals surface area contributed by atoms with Crippen LogP contribution in [0.15, 0.2) is 18.5 Å². The molecule has 0 bridgehead atoms. The van der Waals surface area contributed by atoms with Crippen LogP contribution in [-0.4, -0.2) is 17.5 Å². The van der Waals surface area contributed by atoms with E-state index >= 15 is 0 Å². The number of rotatable bonds is 5. The van der Waals surface area contributed by atoms with E-state index < -0.39 is 0 Å². The molecule has 15 heavy (non-hydrogen) atoms. The highest BCUT2D eigenvalue weighted by Crippen LogP contribution is 2.37. The van der Waals surface area contributed by atoms with Gasteiger partial charge in [-0.05, 0) is 43.2 Å². The molecule has 3 heteroatoms. The molecule has 0 aromatic carbocycles. The van der Waals surface area contributed by atoms with Crippen LogP contribution >= 0.6 is 11.6 Å². The molecule has 1 atom stereocenters. The number of nitrogens with zero attached hydrogens (tertiary/aromatic N) is 1. The zero-order valence-corrected chi connectivity index (χ0v) is 9.70. The van der Waals surface area contributed by atoms with Crippen LogP contribution in [0.5, 0.6) is 5.75 Å². The largest absolute Gasteiger partial charge is 0.495 e. The predicted molar refractivity (Wildman–Crippen MR) is 61.5 cm³/mol. The summed E-state index contributed by atoms with van der Waals surface area (Å²) in [5, 5.41) is 0.344. The molecule has 0 N–H and O–H groups in total. The first kappa shape index (κ1) is 10.7. The van der Waals surface area contributed by atoms with Crippen LogP contribution in [0.2, 0.25) is 0 Å². The number of alkyl halides is 1. The van der Waals surface area contributed by atoms with E-state index in [0.717, 1.165) is 24.5 Å². The molecule has 2 rings (SSSR count). The molecule has 1 heterocycles. The molecule has 1 fully saturated rings. The predicted octanol–water partition coefficient (Wildman–Crippen LogP) is 3.04. The summed E-state index contributed by atoms with van der Waals surface area (Å²) >= 11 is 6.25. The molecular weight excluding hydrogens is 210 g/mol. The van der Waals surface area contributed by atoms with Gasteiger partial charge in [0.15, 0.2) is 0 Å². The smallest absolute Gasteiger partial charge is 0.137 e. The Morgan fingerprint density at radius 2 is 2.33 bits per heavy atom. The topological polar surface area (TPSA) is 22.1 Å². The zero-order chi connectivity index (χ0) is 10.7. The van der Waals surface area contributed by atoms with Crippen LogP contribution in [0.3, 0.4) is 0 Å². The first-order valence-corrected chi connectivity index (χ1v) is 5.85.